The number of carbonyl (C=O) groups excluding carboxylic acids is 3. The van der Waals surface area contributed by atoms with Gasteiger partial charge in [-0.25, -0.2) is 14.7 Å². The van der Waals surface area contributed by atoms with Crippen LogP contribution < -0.4 is 5.32 Å². The van der Waals surface area contributed by atoms with Gasteiger partial charge in [0, 0.05) is 56.0 Å². The Morgan fingerprint density at radius 2 is 1.89 bits per heavy atom. The maximum Gasteiger partial charge on any atom is 0.254 e. The first kappa shape index (κ1) is 27.6. The maximum absolute atomic E-state index is 13.5. The molecule has 0 radical (unpaired) electrons. The molecule has 10 heteroatoms. The van der Waals surface area contributed by atoms with E-state index in [4.69, 9.17) is 4.98 Å². The van der Waals surface area contributed by atoms with Crippen molar-refractivity contribution < 1.29 is 14.4 Å². The number of aliphatic imine (C=N–C) groups is 1. The number of fused-ring (bicyclic) bond motifs is 1. The molecule has 0 aliphatic carbocycles. The third kappa shape index (κ3) is 6.01. The lowest BCUT2D eigenvalue weighted by Gasteiger charge is -2.32. The smallest absolute Gasteiger partial charge is 0.254 e. The van der Waals surface area contributed by atoms with Crippen molar-refractivity contribution in [3.05, 3.63) is 35.2 Å². The number of nitrogens with one attached hydrogen (secondary N) is 1. The predicted octanol–water partition coefficient (Wildman–Crippen LogP) is 2.96. The summed E-state index contributed by atoms with van der Waals surface area (Å²) in [6.45, 7) is 10.0. The minimum absolute atomic E-state index is 0.0797. The van der Waals surface area contributed by atoms with Crippen LogP contribution in [0.3, 0.4) is 0 Å². The molecular formula is C28H39N7O3. The van der Waals surface area contributed by atoms with Crippen molar-refractivity contribution in [3.8, 4) is 0 Å². The molecule has 2 aliphatic rings. The van der Waals surface area contributed by atoms with Gasteiger partial charge in [-0.2, -0.15) is 5.10 Å². The number of rotatable bonds is 8. The van der Waals surface area contributed by atoms with Gasteiger partial charge in [-0.05, 0) is 66.8 Å². The Morgan fingerprint density at radius 1 is 1.18 bits per heavy atom. The standard InChI is InChI=1S/C28H39N7O3/c1-17(2)35-26-23(16-30-35)21(27(37)29-15-22-18(3)13-19(4)31-28(22)38)14-24(32-26)20-7-11-34(12-8-20)25(36)9-10-33(5)6/h13-14,16-17,20,22H,7-12,15H2,1-6H3,(H,29,37). The monoisotopic (exact) mass is 521 g/mol. The first-order valence-electron chi connectivity index (χ1n) is 13.4. The van der Waals surface area contributed by atoms with Crippen LogP contribution in [0.5, 0.6) is 0 Å². The number of nitrogens with zero attached hydrogens (tertiary/aromatic N) is 6. The van der Waals surface area contributed by atoms with E-state index in [1.807, 2.05) is 61.5 Å². The maximum atomic E-state index is 13.5. The van der Waals surface area contributed by atoms with Gasteiger partial charge in [-0.3, -0.25) is 14.4 Å². The molecule has 1 unspecified atom stereocenters. The summed E-state index contributed by atoms with van der Waals surface area (Å²) >= 11 is 0. The lowest BCUT2D eigenvalue weighted by atomic mass is 9.91. The number of likely N-dealkylation sites (tertiary alicyclic amines) is 1. The average Bonchev–Trinajstić information content (AvgIpc) is 3.30. The van der Waals surface area contributed by atoms with Crippen molar-refractivity contribution in [1.29, 1.82) is 0 Å². The Bertz CT molecular complexity index is 1280. The van der Waals surface area contributed by atoms with Crippen LogP contribution in [-0.4, -0.2) is 88.3 Å². The molecule has 1 fully saturated rings. The quantitative estimate of drug-likeness (QED) is 0.572. The topological polar surface area (TPSA) is 113 Å². The second-order valence-corrected chi connectivity index (χ2v) is 11.0. The zero-order chi connectivity index (χ0) is 27.6. The highest BCUT2D eigenvalue weighted by atomic mass is 16.2. The lowest BCUT2D eigenvalue weighted by Crippen LogP contribution is -2.39. The number of amides is 3. The fourth-order valence-corrected chi connectivity index (χ4v) is 5.16. The van der Waals surface area contributed by atoms with Crippen molar-refractivity contribution in [2.45, 2.75) is 58.9 Å². The molecule has 4 rings (SSSR count). The summed E-state index contributed by atoms with van der Waals surface area (Å²) in [5.41, 5.74) is 3.60. The third-order valence-corrected chi connectivity index (χ3v) is 7.40. The van der Waals surface area contributed by atoms with Gasteiger partial charge >= 0.3 is 0 Å². The summed E-state index contributed by atoms with van der Waals surface area (Å²) < 4.78 is 1.84. The average molecular weight is 522 g/mol. The van der Waals surface area contributed by atoms with Gasteiger partial charge in [-0.1, -0.05) is 5.57 Å². The fourth-order valence-electron chi connectivity index (χ4n) is 5.16. The first-order valence-corrected chi connectivity index (χ1v) is 13.4. The molecule has 4 heterocycles. The van der Waals surface area contributed by atoms with Crippen molar-refractivity contribution in [2.24, 2.45) is 10.9 Å². The van der Waals surface area contributed by atoms with Crippen molar-refractivity contribution >= 4 is 34.5 Å². The van der Waals surface area contributed by atoms with Crippen LogP contribution in [0.1, 0.15) is 75.0 Å². The summed E-state index contributed by atoms with van der Waals surface area (Å²) in [5.74, 6) is -0.637. The molecule has 0 aromatic carbocycles. The number of hydrogen-bond donors (Lipinski definition) is 1. The second kappa shape index (κ2) is 11.6. The van der Waals surface area contributed by atoms with Gasteiger partial charge < -0.3 is 15.1 Å². The zero-order valence-corrected chi connectivity index (χ0v) is 23.3. The normalized spacial score (nSPS) is 18.8. The molecule has 38 heavy (non-hydrogen) atoms. The van der Waals surface area contributed by atoms with E-state index >= 15 is 0 Å². The van der Waals surface area contributed by atoms with Gasteiger partial charge in [0.05, 0.1) is 23.1 Å². The van der Waals surface area contributed by atoms with Crippen LogP contribution in [-0.2, 0) is 9.59 Å². The highest BCUT2D eigenvalue weighted by Crippen LogP contribution is 2.31. The van der Waals surface area contributed by atoms with Crippen molar-refractivity contribution in [2.75, 3.05) is 40.3 Å². The van der Waals surface area contributed by atoms with Crippen LogP contribution >= 0.6 is 0 Å². The van der Waals surface area contributed by atoms with Crippen LogP contribution in [0, 0.1) is 5.92 Å². The van der Waals surface area contributed by atoms with E-state index in [1.54, 1.807) is 13.1 Å². The number of aromatic nitrogens is 3. The van der Waals surface area contributed by atoms with Crippen molar-refractivity contribution in [1.82, 2.24) is 29.9 Å². The van der Waals surface area contributed by atoms with Crippen molar-refractivity contribution in [3.63, 3.8) is 0 Å². The highest BCUT2D eigenvalue weighted by molar-refractivity contribution is 6.07. The minimum Gasteiger partial charge on any atom is -0.351 e. The molecule has 0 bridgehead atoms. The molecule has 3 amide bonds. The minimum atomic E-state index is -0.466. The molecule has 1 saturated heterocycles. The predicted molar refractivity (Wildman–Crippen MR) is 147 cm³/mol. The van der Waals surface area contributed by atoms with Crippen LogP contribution in [0.2, 0.25) is 0 Å². The number of dihydropyridines is 1. The van der Waals surface area contributed by atoms with Gasteiger partial charge in [0.25, 0.3) is 11.8 Å². The Hall–Kier alpha value is -3.40. The van der Waals surface area contributed by atoms with E-state index in [0.717, 1.165) is 30.7 Å². The summed E-state index contributed by atoms with van der Waals surface area (Å²) in [7, 11) is 3.94. The van der Waals surface area contributed by atoms with E-state index < -0.39 is 5.92 Å². The van der Waals surface area contributed by atoms with E-state index in [9.17, 15) is 14.4 Å². The number of carbonyl (C=O) groups is 3. The molecule has 0 saturated carbocycles. The third-order valence-electron chi connectivity index (χ3n) is 7.40. The molecule has 0 spiro atoms. The highest BCUT2D eigenvalue weighted by Gasteiger charge is 2.28. The van der Waals surface area contributed by atoms with E-state index in [1.165, 1.54) is 0 Å². The Morgan fingerprint density at radius 3 is 2.53 bits per heavy atom. The Labute approximate surface area is 224 Å². The van der Waals surface area contributed by atoms with Gasteiger partial charge in [-0.15, -0.1) is 0 Å². The van der Waals surface area contributed by atoms with E-state index in [0.29, 0.717) is 41.8 Å². The lowest BCUT2D eigenvalue weighted by molar-refractivity contribution is -0.132. The van der Waals surface area contributed by atoms with E-state index in [2.05, 4.69) is 15.4 Å². The Kier molecular flexibility index (Phi) is 8.40. The molecule has 1 N–H and O–H groups in total. The fraction of sp³-hybridized carbons (Fsp3) is 0.571. The molecular weight excluding hydrogens is 482 g/mol. The zero-order valence-electron chi connectivity index (χ0n) is 23.3. The Balaban J connectivity index is 1.54. The number of allylic oxidation sites excluding steroid dienone is 1. The van der Waals surface area contributed by atoms with Gasteiger partial charge in [0.15, 0.2) is 5.65 Å². The molecule has 2 aliphatic heterocycles. The van der Waals surface area contributed by atoms with Crippen LogP contribution in [0.15, 0.2) is 28.9 Å². The molecule has 204 valence electrons. The molecule has 10 nitrogen and oxygen atoms in total. The molecule has 2 aromatic heterocycles. The number of hydrogen-bond acceptors (Lipinski definition) is 6. The largest absolute Gasteiger partial charge is 0.351 e. The SMILES string of the molecule is CC1=CC(C)=NC(=O)C1CNC(=O)c1cc(C2CCN(C(=O)CCN(C)C)CC2)nc2c1cnn2C(C)C. The molecule has 2 aromatic rings. The summed E-state index contributed by atoms with van der Waals surface area (Å²) in [6, 6.07) is 1.95. The first-order chi connectivity index (χ1) is 18.0. The molecule has 1 atom stereocenters. The van der Waals surface area contributed by atoms with Gasteiger partial charge in [0.1, 0.15) is 0 Å². The second-order valence-electron chi connectivity index (χ2n) is 11.0. The summed E-state index contributed by atoms with van der Waals surface area (Å²) in [4.78, 5) is 51.5. The van der Waals surface area contributed by atoms with Gasteiger partial charge in [0.2, 0.25) is 5.91 Å². The number of piperidine rings is 1. The summed E-state index contributed by atoms with van der Waals surface area (Å²) in [6.07, 6.45) is 5.67. The van der Waals surface area contributed by atoms with Crippen LogP contribution in [0.4, 0.5) is 0 Å². The number of pyridine rings is 1. The van der Waals surface area contributed by atoms with Crippen LogP contribution in [0.25, 0.3) is 11.0 Å². The van der Waals surface area contributed by atoms with E-state index in [-0.39, 0.29) is 36.2 Å². The summed E-state index contributed by atoms with van der Waals surface area (Å²) in [5, 5.41) is 8.16.